The van der Waals surface area contributed by atoms with Crippen LogP contribution in [0.4, 0.5) is 5.82 Å². The third-order valence-corrected chi connectivity index (χ3v) is 1.79. The zero-order chi connectivity index (χ0) is 10.4. The lowest BCUT2D eigenvalue weighted by Crippen LogP contribution is -2.12. The molecule has 0 aliphatic heterocycles. The van der Waals surface area contributed by atoms with Crippen LogP contribution in [0.2, 0.25) is 5.02 Å². The van der Waals surface area contributed by atoms with Gasteiger partial charge in [0, 0.05) is 24.2 Å². The standard InChI is InChI=1S/C9H11ClN2O2/c10-7-3-4-11-8(6-7)12-9(14)2-1-5-13/h3-4,6,13H,1-2,5H2,(H,11,12,14). The average Bonchev–Trinajstić information content (AvgIpc) is 2.15. The minimum absolute atomic E-state index is 0.0103. The molecule has 14 heavy (non-hydrogen) atoms. The van der Waals surface area contributed by atoms with Crippen LogP contribution in [-0.4, -0.2) is 22.6 Å². The second kappa shape index (κ2) is 5.57. The number of carbonyl (C=O) groups excluding carboxylic acids is 1. The summed E-state index contributed by atoms with van der Waals surface area (Å²) in [6.07, 6.45) is 2.25. The van der Waals surface area contributed by atoms with E-state index in [4.69, 9.17) is 16.7 Å². The number of aliphatic hydroxyl groups is 1. The second-order valence-electron chi connectivity index (χ2n) is 2.73. The highest BCUT2D eigenvalue weighted by Crippen LogP contribution is 2.11. The first-order valence-corrected chi connectivity index (χ1v) is 4.62. The van der Waals surface area contributed by atoms with E-state index in [1.54, 1.807) is 12.1 Å². The fourth-order valence-electron chi connectivity index (χ4n) is 0.918. The van der Waals surface area contributed by atoms with Crippen LogP contribution in [0.25, 0.3) is 0 Å². The summed E-state index contributed by atoms with van der Waals surface area (Å²) in [5.74, 6) is 0.259. The van der Waals surface area contributed by atoms with Crippen molar-refractivity contribution < 1.29 is 9.90 Å². The summed E-state index contributed by atoms with van der Waals surface area (Å²) in [4.78, 5) is 15.1. The number of pyridine rings is 1. The number of aromatic nitrogens is 1. The van der Waals surface area contributed by atoms with Crippen molar-refractivity contribution in [2.45, 2.75) is 12.8 Å². The first-order valence-electron chi connectivity index (χ1n) is 4.24. The predicted molar refractivity (Wildman–Crippen MR) is 54.2 cm³/mol. The van der Waals surface area contributed by atoms with E-state index < -0.39 is 0 Å². The molecule has 0 saturated heterocycles. The quantitative estimate of drug-likeness (QED) is 0.798. The van der Waals surface area contributed by atoms with Crippen molar-refractivity contribution in [2.24, 2.45) is 0 Å². The SMILES string of the molecule is O=C(CCCO)Nc1cc(Cl)ccn1. The maximum Gasteiger partial charge on any atom is 0.225 e. The lowest BCUT2D eigenvalue weighted by molar-refractivity contribution is -0.116. The summed E-state index contributed by atoms with van der Waals surface area (Å²) in [5.41, 5.74) is 0. The first-order chi connectivity index (χ1) is 6.72. The van der Waals surface area contributed by atoms with Gasteiger partial charge in [0.15, 0.2) is 0 Å². The summed E-state index contributed by atoms with van der Waals surface area (Å²) in [5, 5.41) is 11.6. The van der Waals surface area contributed by atoms with Crippen molar-refractivity contribution >= 4 is 23.3 Å². The van der Waals surface area contributed by atoms with E-state index in [0.29, 0.717) is 17.3 Å². The number of carbonyl (C=O) groups is 1. The van der Waals surface area contributed by atoms with Crippen LogP contribution in [-0.2, 0) is 4.79 Å². The van der Waals surface area contributed by atoms with Crippen molar-refractivity contribution in [2.75, 3.05) is 11.9 Å². The van der Waals surface area contributed by atoms with E-state index in [0.717, 1.165) is 0 Å². The molecule has 0 spiro atoms. The summed E-state index contributed by atoms with van der Waals surface area (Å²) in [6, 6.07) is 3.20. The van der Waals surface area contributed by atoms with Gasteiger partial charge in [0.25, 0.3) is 0 Å². The monoisotopic (exact) mass is 214 g/mol. The van der Waals surface area contributed by atoms with Crippen molar-refractivity contribution in [3.63, 3.8) is 0 Å². The average molecular weight is 215 g/mol. The fourth-order valence-corrected chi connectivity index (χ4v) is 1.08. The van der Waals surface area contributed by atoms with Crippen LogP contribution in [0.5, 0.6) is 0 Å². The van der Waals surface area contributed by atoms with Gasteiger partial charge >= 0.3 is 0 Å². The van der Waals surface area contributed by atoms with Gasteiger partial charge in [0.2, 0.25) is 5.91 Å². The fraction of sp³-hybridized carbons (Fsp3) is 0.333. The maximum atomic E-state index is 11.2. The van der Waals surface area contributed by atoms with Crippen molar-refractivity contribution in [1.82, 2.24) is 4.98 Å². The van der Waals surface area contributed by atoms with Crippen LogP contribution < -0.4 is 5.32 Å². The molecule has 0 aliphatic rings. The molecular weight excluding hydrogens is 204 g/mol. The van der Waals surface area contributed by atoms with E-state index in [2.05, 4.69) is 10.3 Å². The summed E-state index contributed by atoms with van der Waals surface area (Å²) >= 11 is 5.70. The van der Waals surface area contributed by atoms with E-state index in [9.17, 15) is 4.79 Å². The Bertz CT molecular complexity index is 317. The number of nitrogens with zero attached hydrogens (tertiary/aromatic N) is 1. The Labute approximate surface area is 86.9 Å². The zero-order valence-electron chi connectivity index (χ0n) is 7.53. The number of hydrogen-bond donors (Lipinski definition) is 2. The van der Waals surface area contributed by atoms with Crippen LogP contribution in [0, 0.1) is 0 Å². The minimum atomic E-state index is -0.172. The normalized spacial score (nSPS) is 9.86. The molecule has 1 rings (SSSR count). The summed E-state index contributed by atoms with van der Waals surface area (Å²) in [7, 11) is 0. The third kappa shape index (κ3) is 3.72. The summed E-state index contributed by atoms with van der Waals surface area (Å²) < 4.78 is 0. The molecule has 1 aromatic heterocycles. The molecule has 0 radical (unpaired) electrons. The topological polar surface area (TPSA) is 62.2 Å². The van der Waals surface area contributed by atoms with E-state index in [-0.39, 0.29) is 18.9 Å². The molecule has 0 atom stereocenters. The van der Waals surface area contributed by atoms with Gasteiger partial charge in [-0.05, 0) is 18.6 Å². The van der Waals surface area contributed by atoms with Gasteiger partial charge in [-0.1, -0.05) is 11.6 Å². The number of halogens is 1. The van der Waals surface area contributed by atoms with Crippen LogP contribution in [0.3, 0.4) is 0 Å². The van der Waals surface area contributed by atoms with Crippen LogP contribution in [0.1, 0.15) is 12.8 Å². The number of anilines is 1. The van der Waals surface area contributed by atoms with E-state index in [1.807, 2.05) is 0 Å². The molecule has 1 amide bonds. The van der Waals surface area contributed by atoms with Gasteiger partial charge in [0.1, 0.15) is 5.82 Å². The smallest absolute Gasteiger partial charge is 0.225 e. The lowest BCUT2D eigenvalue weighted by Gasteiger charge is -2.03. The Hall–Kier alpha value is -1.13. The Morgan fingerprint density at radius 1 is 1.64 bits per heavy atom. The van der Waals surface area contributed by atoms with E-state index >= 15 is 0 Å². The first kappa shape index (κ1) is 10.9. The van der Waals surface area contributed by atoms with Crippen LogP contribution >= 0.6 is 11.6 Å². The molecule has 4 nitrogen and oxygen atoms in total. The van der Waals surface area contributed by atoms with Crippen molar-refractivity contribution in [3.05, 3.63) is 23.4 Å². The number of nitrogens with one attached hydrogen (secondary N) is 1. The highest BCUT2D eigenvalue weighted by Gasteiger charge is 2.02. The number of aliphatic hydroxyl groups excluding tert-OH is 1. The van der Waals surface area contributed by atoms with Crippen molar-refractivity contribution in [3.8, 4) is 0 Å². The Balaban J connectivity index is 2.47. The Morgan fingerprint density at radius 2 is 2.43 bits per heavy atom. The Kier molecular flexibility index (Phi) is 4.35. The highest BCUT2D eigenvalue weighted by atomic mass is 35.5. The van der Waals surface area contributed by atoms with Gasteiger partial charge in [-0.25, -0.2) is 4.98 Å². The molecule has 76 valence electrons. The third-order valence-electron chi connectivity index (χ3n) is 1.55. The molecule has 0 aliphatic carbocycles. The van der Waals surface area contributed by atoms with Crippen molar-refractivity contribution in [1.29, 1.82) is 0 Å². The summed E-state index contributed by atoms with van der Waals surface area (Å²) in [6.45, 7) is 0.0103. The largest absolute Gasteiger partial charge is 0.396 e. The van der Waals surface area contributed by atoms with Gasteiger partial charge in [-0.3, -0.25) is 4.79 Å². The van der Waals surface area contributed by atoms with Gasteiger partial charge in [-0.15, -0.1) is 0 Å². The van der Waals surface area contributed by atoms with Gasteiger partial charge in [0.05, 0.1) is 0 Å². The zero-order valence-corrected chi connectivity index (χ0v) is 8.29. The molecule has 0 bridgehead atoms. The minimum Gasteiger partial charge on any atom is -0.396 e. The molecule has 0 unspecified atom stereocenters. The molecule has 2 N–H and O–H groups in total. The number of amides is 1. The molecule has 5 heteroatoms. The molecule has 0 aromatic carbocycles. The van der Waals surface area contributed by atoms with Gasteiger partial charge in [-0.2, -0.15) is 0 Å². The van der Waals surface area contributed by atoms with E-state index in [1.165, 1.54) is 6.20 Å². The Morgan fingerprint density at radius 3 is 3.07 bits per heavy atom. The number of rotatable bonds is 4. The molecule has 0 saturated carbocycles. The molecular formula is C9H11ClN2O2. The maximum absolute atomic E-state index is 11.2. The molecule has 0 fully saturated rings. The molecule has 1 aromatic rings. The van der Waals surface area contributed by atoms with Crippen LogP contribution in [0.15, 0.2) is 18.3 Å². The molecule has 1 heterocycles. The number of hydrogen-bond acceptors (Lipinski definition) is 3. The highest BCUT2D eigenvalue weighted by molar-refractivity contribution is 6.30. The second-order valence-corrected chi connectivity index (χ2v) is 3.17. The lowest BCUT2D eigenvalue weighted by atomic mass is 10.3. The van der Waals surface area contributed by atoms with Gasteiger partial charge < -0.3 is 10.4 Å². The predicted octanol–water partition coefficient (Wildman–Crippen LogP) is 1.45.